The molecule has 0 aliphatic carbocycles. The Bertz CT molecular complexity index is 3370. The Morgan fingerprint density at radius 3 is 1.40 bits per heavy atom. The number of benzene rings is 8. The summed E-state index contributed by atoms with van der Waals surface area (Å²) < 4.78 is 5.19. The van der Waals surface area contributed by atoms with E-state index < -0.39 is 0 Å². The standard InChI is InChI=1S/C52H32B2N4/c1-4-14-33(15-5-1)42-32-45-48(53-46-38(40-24-10-16-34-28-30-55(53)50(34)40)22-12-26-43(46)57(45)36-18-6-2-7-19-36)49-52(42)58(37-20-8-3-9-21-37)44-27-13-23-39-41-25-11-17-35-29-31-56(51(35)41)54(49)47(39)44/h1-32H. The molecular weight excluding hydrogens is 702 g/mol. The van der Waals surface area contributed by atoms with E-state index in [4.69, 9.17) is 0 Å². The Morgan fingerprint density at radius 2 is 0.810 bits per heavy atom. The van der Waals surface area contributed by atoms with Gasteiger partial charge < -0.3 is 18.8 Å². The van der Waals surface area contributed by atoms with Crippen molar-refractivity contribution in [2.75, 3.05) is 9.80 Å². The Labute approximate surface area is 336 Å². The molecule has 0 amide bonds. The van der Waals surface area contributed by atoms with Crippen LogP contribution in [-0.4, -0.2) is 22.7 Å². The zero-order valence-corrected chi connectivity index (χ0v) is 31.4. The van der Waals surface area contributed by atoms with Crippen LogP contribution in [0.2, 0.25) is 0 Å². The minimum absolute atomic E-state index is 0.0679. The van der Waals surface area contributed by atoms with Gasteiger partial charge in [-0.25, -0.2) is 0 Å². The van der Waals surface area contributed by atoms with Crippen LogP contribution in [0.1, 0.15) is 0 Å². The Kier molecular flexibility index (Phi) is 5.89. The van der Waals surface area contributed by atoms with Gasteiger partial charge in [0.25, 0.3) is 0 Å². The van der Waals surface area contributed by atoms with Crippen molar-refractivity contribution >= 4 is 91.5 Å². The van der Waals surface area contributed by atoms with E-state index in [-0.39, 0.29) is 13.7 Å². The molecular formula is C52H32B2N4. The third kappa shape index (κ3) is 3.78. The number of aromatic nitrogens is 2. The molecule has 2 aromatic heterocycles. The van der Waals surface area contributed by atoms with Crippen LogP contribution in [0.3, 0.4) is 0 Å². The van der Waals surface area contributed by atoms with Gasteiger partial charge in [-0.2, -0.15) is 0 Å². The molecule has 8 aromatic carbocycles. The van der Waals surface area contributed by atoms with E-state index >= 15 is 0 Å². The highest BCUT2D eigenvalue weighted by Gasteiger charge is 2.50. The lowest BCUT2D eigenvalue weighted by molar-refractivity contribution is 1.21. The Morgan fingerprint density at radius 1 is 0.328 bits per heavy atom. The molecule has 0 N–H and O–H groups in total. The SMILES string of the molecule is c1ccc(-c2cc3c(c4c2N(c2ccccc2)c2cccc5c2B4n2ccc4cccc-5c42)B2c4c(cccc4N3c3ccccc3)-c3cccc4ccn2c34)cc1. The van der Waals surface area contributed by atoms with E-state index in [1.54, 1.807) is 0 Å². The second kappa shape index (κ2) is 11.1. The molecule has 0 saturated heterocycles. The second-order valence-corrected chi connectivity index (χ2v) is 16.0. The summed E-state index contributed by atoms with van der Waals surface area (Å²) in [5, 5.41) is 2.54. The van der Waals surface area contributed by atoms with Crippen molar-refractivity contribution in [3.05, 3.63) is 194 Å². The van der Waals surface area contributed by atoms with Crippen molar-refractivity contribution in [2.45, 2.75) is 0 Å². The van der Waals surface area contributed by atoms with Crippen molar-refractivity contribution in [1.82, 2.24) is 8.96 Å². The average Bonchev–Trinajstić information content (AvgIpc) is 3.93. The number of anilines is 6. The van der Waals surface area contributed by atoms with Crippen molar-refractivity contribution in [1.29, 1.82) is 0 Å². The molecule has 4 aliphatic rings. The fraction of sp³-hybridized carbons (Fsp3) is 0. The van der Waals surface area contributed by atoms with Gasteiger partial charge in [0.1, 0.15) is 0 Å². The zero-order valence-electron chi connectivity index (χ0n) is 31.4. The molecule has 0 bridgehead atoms. The molecule has 6 heteroatoms. The van der Waals surface area contributed by atoms with Gasteiger partial charge in [-0.15, -0.1) is 0 Å². The average molecular weight is 734 g/mol. The molecule has 14 rings (SSSR count). The van der Waals surface area contributed by atoms with Crippen molar-refractivity contribution < 1.29 is 0 Å². The number of fused-ring (bicyclic) bond motifs is 9. The van der Waals surface area contributed by atoms with Gasteiger partial charge in [-0.05, 0) is 116 Å². The highest BCUT2D eigenvalue weighted by molar-refractivity contribution is 6.99. The summed E-state index contributed by atoms with van der Waals surface area (Å²) in [6.45, 7) is -0.151. The van der Waals surface area contributed by atoms with E-state index in [2.05, 4.69) is 213 Å². The molecule has 6 heterocycles. The molecule has 0 unspecified atom stereocenters. The smallest absolute Gasteiger partial charge is 0.332 e. The van der Waals surface area contributed by atoms with Crippen molar-refractivity contribution in [3.8, 4) is 33.4 Å². The monoisotopic (exact) mass is 734 g/mol. The first-order valence-corrected chi connectivity index (χ1v) is 20.3. The summed E-state index contributed by atoms with van der Waals surface area (Å²) in [6, 6.07) is 67.8. The molecule has 0 radical (unpaired) electrons. The van der Waals surface area contributed by atoms with E-state index in [1.807, 2.05) is 0 Å². The van der Waals surface area contributed by atoms with E-state index in [1.165, 1.54) is 99.8 Å². The summed E-state index contributed by atoms with van der Waals surface area (Å²) in [5.41, 5.74) is 22.8. The lowest BCUT2D eigenvalue weighted by atomic mass is 9.36. The molecule has 10 aromatic rings. The first-order chi connectivity index (χ1) is 28.8. The number of rotatable bonds is 3. The Hall–Kier alpha value is -7.43. The fourth-order valence-electron chi connectivity index (χ4n) is 11.2. The van der Waals surface area contributed by atoms with Gasteiger partial charge >= 0.3 is 13.7 Å². The lowest BCUT2D eigenvalue weighted by Gasteiger charge is -2.47. The topological polar surface area (TPSA) is 16.3 Å². The number of hydrogen-bond acceptors (Lipinski definition) is 2. The van der Waals surface area contributed by atoms with Crippen LogP contribution in [0.4, 0.5) is 34.1 Å². The van der Waals surface area contributed by atoms with Crippen LogP contribution in [0.5, 0.6) is 0 Å². The predicted octanol–water partition coefficient (Wildman–Crippen LogP) is 10.1. The van der Waals surface area contributed by atoms with E-state index in [0.717, 1.165) is 11.4 Å². The molecule has 4 aliphatic heterocycles. The summed E-state index contributed by atoms with van der Waals surface area (Å²) in [4.78, 5) is 5.14. The predicted molar refractivity (Wildman–Crippen MR) is 244 cm³/mol. The van der Waals surface area contributed by atoms with Gasteiger partial charge in [-0.1, -0.05) is 127 Å². The van der Waals surface area contributed by atoms with Gasteiger partial charge in [0.15, 0.2) is 0 Å². The van der Waals surface area contributed by atoms with Crippen LogP contribution in [0.25, 0.3) is 55.2 Å². The molecule has 0 atom stereocenters. The normalized spacial score (nSPS) is 13.7. The van der Waals surface area contributed by atoms with E-state index in [9.17, 15) is 0 Å². The highest BCUT2D eigenvalue weighted by atomic mass is 15.2. The van der Waals surface area contributed by atoms with Crippen molar-refractivity contribution in [3.63, 3.8) is 0 Å². The largest absolute Gasteiger partial charge is 0.382 e. The van der Waals surface area contributed by atoms with Crippen LogP contribution in [0, 0.1) is 0 Å². The first kappa shape index (κ1) is 30.7. The summed E-state index contributed by atoms with van der Waals surface area (Å²) in [6.07, 6.45) is 4.70. The van der Waals surface area contributed by atoms with Gasteiger partial charge in [0.05, 0.1) is 5.69 Å². The highest BCUT2D eigenvalue weighted by Crippen LogP contribution is 2.50. The fourth-order valence-corrected chi connectivity index (χ4v) is 11.2. The third-order valence-electron chi connectivity index (χ3n) is 13.3. The molecule has 4 nitrogen and oxygen atoms in total. The maximum atomic E-state index is 2.60. The Balaban J connectivity index is 1.23. The van der Waals surface area contributed by atoms with Gasteiger partial charge in [-0.3, -0.25) is 0 Å². The molecule has 0 saturated carbocycles. The van der Waals surface area contributed by atoms with Crippen LogP contribution >= 0.6 is 0 Å². The molecule has 266 valence electrons. The summed E-state index contributed by atoms with van der Waals surface area (Å²) in [7, 11) is 0. The van der Waals surface area contributed by atoms with Crippen LogP contribution in [-0.2, 0) is 0 Å². The molecule has 0 spiro atoms. The second-order valence-electron chi connectivity index (χ2n) is 16.0. The summed E-state index contributed by atoms with van der Waals surface area (Å²) >= 11 is 0. The van der Waals surface area contributed by atoms with Crippen molar-refractivity contribution in [2.24, 2.45) is 0 Å². The lowest BCUT2D eigenvalue weighted by Crippen LogP contribution is -2.68. The van der Waals surface area contributed by atoms with Gasteiger partial charge in [0.2, 0.25) is 0 Å². The zero-order chi connectivity index (χ0) is 37.6. The molecule has 0 fully saturated rings. The summed E-state index contributed by atoms with van der Waals surface area (Å²) in [5.74, 6) is 0. The number of para-hydroxylation sites is 4. The first-order valence-electron chi connectivity index (χ1n) is 20.3. The maximum absolute atomic E-state index is 2.60. The van der Waals surface area contributed by atoms with Gasteiger partial charge in [0, 0.05) is 56.2 Å². The molecule has 58 heavy (non-hydrogen) atoms. The number of nitrogens with zero attached hydrogens (tertiary/aromatic N) is 4. The van der Waals surface area contributed by atoms with Crippen LogP contribution < -0.4 is 31.7 Å². The number of hydrogen-bond donors (Lipinski definition) is 0. The minimum atomic E-state index is -0.0828. The minimum Gasteiger partial charge on any atom is -0.382 e. The van der Waals surface area contributed by atoms with Crippen LogP contribution in [0.15, 0.2) is 194 Å². The maximum Gasteiger partial charge on any atom is 0.332 e. The third-order valence-corrected chi connectivity index (χ3v) is 13.3. The quantitative estimate of drug-likeness (QED) is 0.168. The van der Waals surface area contributed by atoms with E-state index in [0.29, 0.717) is 0 Å².